The first-order chi connectivity index (χ1) is 20.0. The third-order valence-electron chi connectivity index (χ3n) is 6.47. The van der Waals surface area contributed by atoms with Gasteiger partial charge in [-0.2, -0.15) is 9.45 Å². The fraction of sp³-hybridized carbons (Fsp3) is 0.0645. The van der Waals surface area contributed by atoms with E-state index in [0.717, 1.165) is 43.1 Å². The Kier molecular flexibility index (Phi) is 9.57. The SMILES string of the molecule is Cc1ccc(Nc2ccc3cc(SOO[O-])c(N=Nc4ccc(-c5nc6ccc(C)cc6s5)cc4)c(O)c3c2)cc1.[Na+]. The molecule has 42 heavy (non-hydrogen) atoms. The van der Waals surface area contributed by atoms with E-state index in [-0.39, 0.29) is 41.0 Å². The van der Waals surface area contributed by atoms with E-state index >= 15 is 0 Å². The zero-order chi connectivity index (χ0) is 28.3. The predicted octanol–water partition coefficient (Wildman–Crippen LogP) is 5.83. The molecule has 204 valence electrons. The second-order valence-corrected chi connectivity index (χ2v) is 11.2. The molecule has 0 aliphatic rings. The van der Waals surface area contributed by atoms with Crippen molar-refractivity contribution in [2.24, 2.45) is 10.2 Å². The van der Waals surface area contributed by atoms with Crippen LogP contribution in [0.5, 0.6) is 5.75 Å². The number of nitrogens with one attached hydrogen (secondary N) is 1. The summed E-state index contributed by atoms with van der Waals surface area (Å²) in [6.45, 7) is 4.10. The maximum absolute atomic E-state index is 11.2. The molecule has 0 aliphatic heterocycles. The number of fused-ring (bicyclic) bond motifs is 2. The summed E-state index contributed by atoms with van der Waals surface area (Å²) in [5.41, 5.74) is 6.75. The molecule has 0 radical (unpaired) electrons. The van der Waals surface area contributed by atoms with E-state index in [0.29, 0.717) is 28.0 Å². The van der Waals surface area contributed by atoms with Crippen LogP contribution in [0.1, 0.15) is 11.1 Å². The Morgan fingerprint density at radius 2 is 1.60 bits per heavy atom. The van der Waals surface area contributed by atoms with Gasteiger partial charge in [-0.3, -0.25) is 5.04 Å². The monoisotopic (exact) mass is 602 g/mol. The smallest absolute Gasteiger partial charge is 0.691 e. The van der Waals surface area contributed by atoms with Crippen LogP contribution >= 0.6 is 23.4 Å². The molecular weight excluding hydrogens is 579 g/mol. The van der Waals surface area contributed by atoms with Gasteiger partial charge in [-0.05, 0) is 91.5 Å². The molecule has 11 heteroatoms. The predicted molar refractivity (Wildman–Crippen MR) is 162 cm³/mol. The van der Waals surface area contributed by atoms with Crippen molar-refractivity contribution < 1.29 is 49.3 Å². The number of thiazole rings is 1. The molecule has 0 saturated heterocycles. The summed E-state index contributed by atoms with van der Waals surface area (Å²) in [5.74, 6) is -0.0998. The number of aromatic hydroxyl groups is 1. The summed E-state index contributed by atoms with van der Waals surface area (Å²) in [5, 5.41) is 39.5. The number of aromatic nitrogens is 1. The van der Waals surface area contributed by atoms with E-state index in [9.17, 15) is 10.4 Å². The average Bonchev–Trinajstić information content (AvgIpc) is 3.41. The quantitative estimate of drug-likeness (QED) is 0.0741. The normalized spacial score (nSPS) is 11.3. The minimum absolute atomic E-state index is 0. The molecule has 0 atom stereocenters. The van der Waals surface area contributed by atoms with Gasteiger partial charge < -0.3 is 15.7 Å². The van der Waals surface area contributed by atoms with Crippen molar-refractivity contribution >= 4 is 67.1 Å². The summed E-state index contributed by atoms with van der Waals surface area (Å²) in [6.07, 6.45) is 0. The van der Waals surface area contributed by atoms with E-state index in [1.54, 1.807) is 17.4 Å². The Labute approximate surface area is 272 Å². The summed E-state index contributed by atoms with van der Waals surface area (Å²) in [6, 6.07) is 29.1. The molecule has 2 N–H and O–H groups in total. The van der Waals surface area contributed by atoms with Crippen LogP contribution in [0.3, 0.4) is 0 Å². The zero-order valence-electron chi connectivity index (χ0n) is 23.0. The first-order valence-corrected chi connectivity index (χ1v) is 14.2. The molecular formula is C31H23N4NaO4S2. The van der Waals surface area contributed by atoms with Gasteiger partial charge in [-0.1, -0.05) is 29.8 Å². The van der Waals surface area contributed by atoms with Crippen molar-refractivity contribution in [3.8, 4) is 16.3 Å². The van der Waals surface area contributed by atoms with Crippen LogP contribution in [0, 0.1) is 13.8 Å². The molecule has 0 aliphatic carbocycles. The Bertz CT molecular complexity index is 1890. The number of aryl methyl sites for hydroxylation is 2. The molecule has 6 aromatic rings. The molecule has 1 heterocycles. The van der Waals surface area contributed by atoms with Gasteiger partial charge in [0, 0.05) is 22.3 Å². The van der Waals surface area contributed by atoms with Gasteiger partial charge in [-0.25, -0.2) is 4.98 Å². The van der Waals surface area contributed by atoms with Crippen molar-refractivity contribution in [3.05, 3.63) is 102 Å². The minimum Gasteiger partial charge on any atom is -0.691 e. The van der Waals surface area contributed by atoms with Crippen molar-refractivity contribution in [1.29, 1.82) is 0 Å². The fourth-order valence-corrected chi connectivity index (χ4v) is 5.93. The number of anilines is 2. The van der Waals surface area contributed by atoms with E-state index in [1.807, 2.05) is 79.7 Å². The number of hydrogen-bond acceptors (Lipinski definition) is 10. The standard InChI is InChI=1S/C31H24N4O4S2.Na/c1-18-3-9-22(10-4-18)32-24-13-8-21-16-28(41-39-38-37)29(30(36)25(21)17-24)35-34-23-11-6-20(7-12-23)31-33-26-14-5-19(2)15-27(26)40-31;/h3-17,32,36-37H,1-2H3;/q;+1/p-1. The third-order valence-corrected chi connectivity index (χ3v) is 8.15. The number of azo groups is 1. The topological polar surface area (TPSA) is 111 Å². The van der Waals surface area contributed by atoms with E-state index < -0.39 is 0 Å². The van der Waals surface area contributed by atoms with Crippen LogP contribution in [-0.4, -0.2) is 10.1 Å². The van der Waals surface area contributed by atoms with Crippen molar-refractivity contribution in [2.45, 2.75) is 18.7 Å². The van der Waals surface area contributed by atoms with Gasteiger partial charge in [0.05, 0.1) is 32.8 Å². The van der Waals surface area contributed by atoms with Gasteiger partial charge in [0.2, 0.25) is 0 Å². The number of rotatable bonds is 8. The number of nitrogens with zero attached hydrogens (tertiary/aromatic N) is 3. The van der Waals surface area contributed by atoms with Gasteiger partial charge in [0.25, 0.3) is 0 Å². The molecule has 0 bridgehead atoms. The Hall–Kier alpha value is -3.32. The minimum atomic E-state index is -0.0998. The van der Waals surface area contributed by atoms with Crippen molar-refractivity contribution in [2.75, 3.05) is 5.32 Å². The van der Waals surface area contributed by atoms with Crippen LogP contribution in [0.15, 0.2) is 106 Å². The van der Waals surface area contributed by atoms with Crippen molar-refractivity contribution in [3.63, 3.8) is 0 Å². The largest absolute Gasteiger partial charge is 1.00 e. The van der Waals surface area contributed by atoms with Crippen LogP contribution in [0.25, 0.3) is 31.6 Å². The summed E-state index contributed by atoms with van der Waals surface area (Å²) in [4.78, 5) is 5.11. The summed E-state index contributed by atoms with van der Waals surface area (Å²) < 4.78 is 5.70. The third kappa shape index (κ3) is 6.67. The van der Waals surface area contributed by atoms with Gasteiger partial charge in [0.15, 0.2) is 5.75 Å². The molecule has 0 saturated carbocycles. The first kappa shape index (κ1) is 30.1. The van der Waals surface area contributed by atoms with E-state index in [4.69, 9.17) is 4.98 Å². The fourth-order valence-electron chi connectivity index (χ4n) is 4.37. The number of hydrogen-bond donors (Lipinski definition) is 2. The number of phenolic OH excluding ortho intramolecular Hbond substituents is 1. The molecule has 0 unspecified atom stereocenters. The van der Waals surface area contributed by atoms with Gasteiger partial charge in [-0.15, -0.1) is 16.5 Å². The molecule has 0 fully saturated rings. The summed E-state index contributed by atoms with van der Waals surface area (Å²) >= 11 is 2.29. The molecule has 0 spiro atoms. The van der Waals surface area contributed by atoms with Gasteiger partial charge in [0.1, 0.15) is 10.7 Å². The maximum Gasteiger partial charge on any atom is 1.00 e. The molecule has 6 rings (SSSR count). The summed E-state index contributed by atoms with van der Waals surface area (Å²) in [7, 11) is 0. The van der Waals surface area contributed by atoms with E-state index in [1.165, 1.54) is 5.56 Å². The van der Waals surface area contributed by atoms with Crippen molar-refractivity contribution in [1.82, 2.24) is 4.98 Å². The molecule has 8 nitrogen and oxygen atoms in total. The second-order valence-electron chi connectivity index (χ2n) is 9.46. The Morgan fingerprint density at radius 1 is 0.857 bits per heavy atom. The van der Waals surface area contributed by atoms with Crippen LogP contribution in [0.4, 0.5) is 22.7 Å². The Balaban J connectivity index is 0.00000353. The van der Waals surface area contributed by atoms with E-state index in [2.05, 4.69) is 44.0 Å². The zero-order valence-corrected chi connectivity index (χ0v) is 26.6. The average molecular weight is 603 g/mol. The van der Waals surface area contributed by atoms with Crippen LogP contribution in [0.2, 0.25) is 0 Å². The van der Waals surface area contributed by atoms with Crippen LogP contribution < -0.4 is 40.1 Å². The molecule has 5 aromatic carbocycles. The maximum atomic E-state index is 11.2. The van der Waals surface area contributed by atoms with Crippen LogP contribution in [-0.2, 0) is 9.37 Å². The molecule has 1 aromatic heterocycles. The second kappa shape index (κ2) is 13.3. The van der Waals surface area contributed by atoms with Gasteiger partial charge >= 0.3 is 29.6 Å². The number of phenols is 1. The first-order valence-electron chi connectivity index (χ1n) is 12.6. The molecule has 0 amide bonds. The number of benzene rings is 5. The Morgan fingerprint density at radius 3 is 2.36 bits per heavy atom.